The molecule has 74 valence electrons. The summed E-state index contributed by atoms with van der Waals surface area (Å²) in [6, 6.07) is 12.5. The molecule has 0 saturated heterocycles. The smallest absolute Gasteiger partial charge is 0.0253 e. The van der Waals surface area contributed by atoms with Crippen LogP contribution in [0.4, 0.5) is 0 Å². The zero-order chi connectivity index (χ0) is 9.26. The zero-order valence-corrected chi connectivity index (χ0v) is 9.94. The van der Waals surface area contributed by atoms with Gasteiger partial charge in [-0.15, -0.1) is 12.4 Å². The van der Waals surface area contributed by atoms with Crippen LogP contribution in [0.3, 0.4) is 0 Å². The summed E-state index contributed by atoms with van der Waals surface area (Å²) in [5, 5.41) is 2.47. The van der Waals surface area contributed by atoms with Crippen molar-refractivity contribution in [3.05, 3.63) is 46.4 Å². The summed E-state index contributed by atoms with van der Waals surface area (Å²) in [6.45, 7) is 0.600. The van der Waals surface area contributed by atoms with E-state index in [0.717, 1.165) is 4.47 Å². The molecule has 0 radical (unpaired) electrons. The van der Waals surface area contributed by atoms with Crippen LogP contribution in [0.5, 0.6) is 0 Å². The van der Waals surface area contributed by atoms with Crippen LogP contribution in [-0.4, -0.2) is 0 Å². The summed E-state index contributed by atoms with van der Waals surface area (Å²) in [4.78, 5) is 0. The van der Waals surface area contributed by atoms with Crippen LogP contribution in [0.2, 0.25) is 0 Å². The molecular formula is C11H11BrClN. The molecule has 0 aliphatic rings. The SMILES string of the molecule is Cl.NCc1ccc2c(Br)cccc2c1. The lowest BCUT2D eigenvalue weighted by Crippen LogP contribution is -1.95. The number of benzene rings is 2. The van der Waals surface area contributed by atoms with Gasteiger partial charge in [-0.25, -0.2) is 0 Å². The molecule has 0 aromatic heterocycles. The fourth-order valence-electron chi connectivity index (χ4n) is 1.42. The molecule has 3 heteroatoms. The molecule has 0 bridgehead atoms. The van der Waals surface area contributed by atoms with Gasteiger partial charge in [0.25, 0.3) is 0 Å². The quantitative estimate of drug-likeness (QED) is 0.845. The maximum absolute atomic E-state index is 5.57. The molecule has 2 rings (SSSR count). The molecular weight excluding hydrogens is 261 g/mol. The Morgan fingerprint density at radius 3 is 2.64 bits per heavy atom. The normalized spacial score (nSPS) is 9.86. The van der Waals surface area contributed by atoms with E-state index in [-0.39, 0.29) is 12.4 Å². The second-order valence-corrected chi connectivity index (χ2v) is 3.85. The van der Waals surface area contributed by atoms with Crippen molar-refractivity contribution in [1.29, 1.82) is 0 Å². The first-order chi connectivity index (χ1) is 6.31. The molecule has 0 aliphatic carbocycles. The Balaban J connectivity index is 0.000000980. The van der Waals surface area contributed by atoms with E-state index in [4.69, 9.17) is 5.73 Å². The minimum atomic E-state index is 0. The van der Waals surface area contributed by atoms with E-state index < -0.39 is 0 Å². The molecule has 1 nitrogen and oxygen atoms in total. The van der Waals surface area contributed by atoms with Crippen molar-refractivity contribution in [1.82, 2.24) is 0 Å². The largest absolute Gasteiger partial charge is 0.326 e. The first-order valence-electron chi connectivity index (χ1n) is 4.18. The monoisotopic (exact) mass is 271 g/mol. The van der Waals surface area contributed by atoms with Gasteiger partial charge in [-0.2, -0.15) is 0 Å². The molecule has 2 aromatic rings. The van der Waals surface area contributed by atoms with E-state index in [9.17, 15) is 0 Å². The van der Waals surface area contributed by atoms with E-state index in [1.165, 1.54) is 16.3 Å². The summed E-state index contributed by atoms with van der Waals surface area (Å²) in [5.74, 6) is 0. The lowest BCUT2D eigenvalue weighted by atomic mass is 10.1. The Kier molecular flexibility index (Phi) is 3.93. The molecule has 0 saturated carbocycles. The van der Waals surface area contributed by atoms with Crippen LogP contribution >= 0.6 is 28.3 Å². The average molecular weight is 273 g/mol. The Bertz CT molecular complexity index is 442. The number of hydrogen-bond donors (Lipinski definition) is 1. The van der Waals surface area contributed by atoms with Gasteiger partial charge in [0, 0.05) is 11.0 Å². The minimum Gasteiger partial charge on any atom is -0.326 e. The van der Waals surface area contributed by atoms with Crippen LogP contribution in [0.25, 0.3) is 10.8 Å². The van der Waals surface area contributed by atoms with Gasteiger partial charge < -0.3 is 5.73 Å². The van der Waals surface area contributed by atoms with Gasteiger partial charge in [0.2, 0.25) is 0 Å². The Morgan fingerprint density at radius 2 is 1.93 bits per heavy atom. The van der Waals surface area contributed by atoms with E-state index >= 15 is 0 Å². The molecule has 0 atom stereocenters. The summed E-state index contributed by atoms with van der Waals surface area (Å²) in [6.07, 6.45) is 0. The molecule has 0 heterocycles. The van der Waals surface area contributed by atoms with Gasteiger partial charge in [0.15, 0.2) is 0 Å². The second kappa shape index (κ2) is 4.78. The maximum atomic E-state index is 5.57. The van der Waals surface area contributed by atoms with Crippen LogP contribution < -0.4 is 5.73 Å². The fourth-order valence-corrected chi connectivity index (χ4v) is 1.93. The number of rotatable bonds is 1. The van der Waals surface area contributed by atoms with Gasteiger partial charge in [0.05, 0.1) is 0 Å². The van der Waals surface area contributed by atoms with E-state index in [1.54, 1.807) is 0 Å². The van der Waals surface area contributed by atoms with Crippen LogP contribution in [0.15, 0.2) is 40.9 Å². The average Bonchev–Trinajstić information content (AvgIpc) is 2.18. The molecule has 14 heavy (non-hydrogen) atoms. The van der Waals surface area contributed by atoms with Crippen molar-refractivity contribution in [3.8, 4) is 0 Å². The highest BCUT2D eigenvalue weighted by molar-refractivity contribution is 9.10. The Hall–Kier alpha value is -0.570. The highest BCUT2D eigenvalue weighted by atomic mass is 79.9. The maximum Gasteiger partial charge on any atom is 0.0253 e. The third-order valence-corrected chi connectivity index (χ3v) is 2.82. The third kappa shape index (κ3) is 2.08. The van der Waals surface area contributed by atoms with Gasteiger partial charge in [-0.1, -0.05) is 40.2 Å². The summed E-state index contributed by atoms with van der Waals surface area (Å²) >= 11 is 3.51. The van der Waals surface area contributed by atoms with Crippen LogP contribution in [0, 0.1) is 0 Å². The fraction of sp³-hybridized carbons (Fsp3) is 0.0909. The van der Waals surface area contributed by atoms with Crippen molar-refractivity contribution in [3.63, 3.8) is 0 Å². The lowest BCUT2D eigenvalue weighted by molar-refractivity contribution is 1.08. The highest BCUT2D eigenvalue weighted by Crippen LogP contribution is 2.24. The van der Waals surface area contributed by atoms with E-state index in [2.05, 4.69) is 40.2 Å². The Morgan fingerprint density at radius 1 is 1.14 bits per heavy atom. The lowest BCUT2D eigenvalue weighted by Gasteiger charge is -2.02. The number of hydrogen-bond acceptors (Lipinski definition) is 1. The number of halogens is 2. The highest BCUT2D eigenvalue weighted by Gasteiger charge is 1.97. The van der Waals surface area contributed by atoms with Crippen molar-refractivity contribution >= 4 is 39.1 Å². The topological polar surface area (TPSA) is 26.0 Å². The van der Waals surface area contributed by atoms with Crippen molar-refractivity contribution in [2.45, 2.75) is 6.54 Å². The predicted molar refractivity (Wildman–Crippen MR) is 66.8 cm³/mol. The van der Waals surface area contributed by atoms with E-state index in [0.29, 0.717) is 6.54 Å². The van der Waals surface area contributed by atoms with Crippen molar-refractivity contribution < 1.29 is 0 Å². The first kappa shape index (κ1) is 11.5. The van der Waals surface area contributed by atoms with Gasteiger partial charge in [-0.3, -0.25) is 0 Å². The number of nitrogens with two attached hydrogens (primary N) is 1. The molecule has 0 fully saturated rings. The third-order valence-electron chi connectivity index (χ3n) is 2.13. The van der Waals surface area contributed by atoms with Crippen LogP contribution in [-0.2, 0) is 6.54 Å². The standard InChI is InChI=1S/C11H10BrN.ClH/c12-11-3-1-2-9-6-8(7-13)4-5-10(9)11;/h1-6H,7,13H2;1H. The van der Waals surface area contributed by atoms with Gasteiger partial charge >= 0.3 is 0 Å². The molecule has 2 aromatic carbocycles. The van der Waals surface area contributed by atoms with Crippen molar-refractivity contribution in [2.75, 3.05) is 0 Å². The minimum absolute atomic E-state index is 0. The Labute approximate surface area is 97.8 Å². The van der Waals surface area contributed by atoms with Gasteiger partial charge in [0.1, 0.15) is 0 Å². The van der Waals surface area contributed by atoms with Crippen molar-refractivity contribution in [2.24, 2.45) is 5.73 Å². The first-order valence-corrected chi connectivity index (χ1v) is 4.98. The van der Waals surface area contributed by atoms with E-state index in [1.807, 2.05) is 12.1 Å². The second-order valence-electron chi connectivity index (χ2n) is 3.00. The zero-order valence-electron chi connectivity index (χ0n) is 7.53. The molecule has 0 aliphatic heterocycles. The van der Waals surface area contributed by atoms with Crippen LogP contribution in [0.1, 0.15) is 5.56 Å². The molecule has 0 amide bonds. The number of fused-ring (bicyclic) bond motifs is 1. The molecule has 2 N–H and O–H groups in total. The molecule has 0 spiro atoms. The summed E-state index contributed by atoms with van der Waals surface area (Å²) in [7, 11) is 0. The van der Waals surface area contributed by atoms with Gasteiger partial charge in [-0.05, 0) is 28.5 Å². The summed E-state index contributed by atoms with van der Waals surface area (Å²) in [5.41, 5.74) is 6.74. The molecule has 0 unspecified atom stereocenters. The summed E-state index contributed by atoms with van der Waals surface area (Å²) < 4.78 is 1.13. The predicted octanol–water partition coefficient (Wildman–Crippen LogP) is 3.48.